The Labute approximate surface area is 88.6 Å². The Bertz CT molecular complexity index is 582. The molecular weight excluding hydrogens is 247 g/mol. The molecule has 8 heteroatoms. The van der Waals surface area contributed by atoms with Gasteiger partial charge in [0.1, 0.15) is 12.4 Å². The van der Waals surface area contributed by atoms with Crippen molar-refractivity contribution in [3.63, 3.8) is 0 Å². The van der Waals surface area contributed by atoms with Crippen LogP contribution in [0.5, 0.6) is 0 Å². The van der Waals surface area contributed by atoms with Gasteiger partial charge in [0, 0.05) is 11.6 Å². The highest BCUT2D eigenvalue weighted by atomic mass is 32.2. The van der Waals surface area contributed by atoms with E-state index in [4.69, 9.17) is 0 Å². The van der Waals surface area contributed by atoms with E-state index in [2.05, 4.69) is 8.58 Å². The summed E-state index contributed by atoms with van der Waals surface area (Å²) in [4.78, 5) is 0. The maximum absolute atomic E-state index is 13.2. The van der Waals surface area contributed by atoms with E-state index in [-0.39, 0.29) is 5.71 Å². The minimum atomic E-state index is -4.11. The summed E-state index contributed by atoms with van der Waals surface area (Å²) in [5.41, 5.74) is -0.922. The number of nitrogens with zero attached hydrogens (tertiary/aromatic N) is 1. The second-order valence-corrected chi connectivity index (χ2v) is 4.25. The van der Waals surface area contributed by atoms with Gasteiger partial charge in [0.15, 0.2) is 11.6 Å². The molecule has 0 spiro atoms. The van der Waals surface area contributed by atoms with Crippen LogP contribution >= 0.6 is 0 Å². The van der Waals surface area contributed by atoms with E-state index in [1.807, 2.05) is 0 Å². The molecule has 0 saturated carbocycles. The number of benzene rings is 1. The van der Waals surface area contributed by atoms with Gasteiger partial charge in [0.05, 0.1) is 5.71 Å². The van der Waals surface area contributed by atoms with E-state index < -0.39 is 39.9 Å². The summed E-state index contributed by atoms with van der Waals surface area (Å²) in [6.45, 7) is -0.540. The second-order valence-electron chi connectivity index (χ2n) is 2.98. The topological polar surface area (TPSA) is 55.7 Å². The Morgan fingerprint density at radius 3 is 2.50 bits per heavy atom. The van der Waals surface area contributed by atoms with Gasteiger partial charge in [0.2, 0.25) is 0 Å². The van der Waals surface area contributed by atoms with E-state index in [1.165, 1.54) is 0 Å². The molecule has 1 aromatic rings. The second kappa shape index (κ2) is 3.56. The molecule has 0 fully saturated rings. The van der Waals surface area contributed by atoms with Crippen molar-refractivity contribution in [3.05, 3.63) is 35.1 Å². The quantitative estimate of drug-likeness (QED) is 0.704. The first kappa shape index (κ1) is 11.1. The molecule has 0 bridgehead atoms. The van der Waals surface area contributed by atoms with Gasteiger partial charge in [-0.15, -0.1) is 4.40 Å². The van der Waals surface area contributed by atoms with Gasteiger partial charge in [-0.2, -0.15) is 8.42 Å². The van der Waals surface area contributed by atoms with Crippen molar-refractivity contribution in [1.82, 2.24) is 0 Å². The predicted octanol–water partition coefficient (Wildman–Crippen LogP) is 1.17. The van der Waals surface area contributed by atoms with Crippen LogP contribution in [0.15, 0.2) is 16.5 Å². The molecule has 86 valence electrons. The number of hydrogen-bond acceptors (Lipinski definition) is 3. The van der Waals surface area contributed by atoms with Crippen molar-refractivity contribution in [2.45, 2.75) is 0 Å². The van der Waals surface area contributed by atoms with Crippen LogP contribution in [0.2, 0.25) is 0 Å². The fourth-order valence-electron chi connectivity index (χ4n) is 1.21. The van der Waals surface area contributed by atoms with Crippen LogP contribution < -0.4 is 0 Å². The van der Waals surface area contributed by atoms with Crippen LogP contribution in [0.25, 0.3) is 0 Å². The Kier molecular flexibility index (Phi) is 2.47. The van der Waals surface area contributed by atoms with Crippen LogP contribution in [0.4, 0.5) is 13.2 Å². The van der Waals surface area contributed by atoms with Crippen LogP contribution in [0.3, 0.4) is 0 Å². The molecule has 0 atom stereocenters. The largest absolute Gasteiger partial charge is 0.381 e. The van der Waals surface area contributed by atoms with Gasteiger partial charge >= 0.3 is 10.3 Å². The molecule has 1 aliphatic heterocycles. The minimum absolute atomic E-state index is 0.351. The molecule has 1 aliphatic rings. The molecule has 2 rings (SSSR count). The van der Waals surface area contributed by atoms with E-state index in [9.17, 15) is 21.6 Å². The summed E-state index contributed by atoms with van der Waals surface area (Å²) < 4.78 is 67.6. The third-order valence-electron chi connectivity index (χ3n) is 1.87. The minimum Gasteiger partial charge on any atom is -0.246 e. The molecule has 0 amide bonds. The molecule has 1 aromatic carbocycles. The molecule has 16 heavy (non-hydrogen) atoms. The third-order valence-corrected chi connectivity index (χ3v) is 2.73. The Morgan fingerprint density at radius 1 is 1.25 bits per heavy atom. The normalized spacial score (nSPS) is 18.6. The first-order valence-electron chi connectivity index (χ1n) is 4.02. The van der Waals surface area contributed by atoms with E-state index >= 15 is 0 Å². The average molecular weight is 251 g/mol. The summed E-state index contributed by atoms with van der Waals surface area (Å²) in [5, 5.41) is 0. The van der Waals surface area contributed by atoms with Gasteiger partial charge in [0.25, 0.3) is 0 Å². The summed E-state index contributed by atoms with van der Waals surface area (Å²) >= 11 is 0. The standard InChI is InChI=1S/C8H4F3NO3S/c9-4-1-5(8(11)6(10)2-4)7-3-15-16(13,14)12-7/h1-2H,3H2. The molecule has 1 heterocycles. The first-order valence-corrected chi connectivity index (χ1v) is 5.39. The highest BCUT2D eigenvalue weighted by Gasteiger charge is 2.26. The Hall–Kier alpha value is -1.41. The fourth-order valence-corrected chi connectivity index (χ4v) is 1.95. The lowest BCUT2D eigenvalue weighted by atomic mass is 10.1. The van der Waals surface area contributed by atoms with Crippen molar-refractivity contribution < 1.29 is 25.8 Å². The molecule has 0 unspecified atom stereocenters. The summed E-state index contributed by atoms with van der Waals surface area (Å²) in [6, 6.07) is 1.01. The zero-order chi connectivity index (χ0) is 11.9. The highest BCUT2D eigenvalue weighted by molar-refractivity contribution is 7.85. The lowest BCUT2D eigenvalue weighted by Crippen LogP contribution is -2.08. The van der Waals surface area contributed by atoms with Crippen molar-refractivity contribution in [2.75, 3.05) is 6.61 Å². The van der Waals surface area contributed by atoms with Crippen molar-refractivity contribution in [1.29, 1.82) is 0 Å². The number of rotatable bonds is 1. The fraction of sp³-hybridized carbons (Fsp3) is 0.125. The van der Waals surface area contributed by atoms with E-state index in [0.717, 1.165) is 0 Å². The van der Waals surface area contributed by atoms with Crippen LogP contribution in [0, 0.1) is 17.5 Å². The number of halogens is 3. The maximum Gasteiger partial charge on any atom is 0.381 e. The first-order chi connectivity index (χ1) is 7.39. The molecule has 0 radical (unpaired) electrons. The van der Waals surface area contributed by atoms with E-state index in [0.29, 0.717) is 12.1 Å². The van der Waals surface area contributed by atoms with Gasteiger partial charge in [-0.25, -0.2) is 17.4 Å². The van der Waals surface area contributed by atoms with Crippen LogP contribution in [-0.2, 0) is 14.5 Å². The molecule has 0 saturated heterocycles. The van der Waals surface area contributed by atoms with Gasteiger partial charge in [-0.3, -0.25) is 0 Å². The SMILES string of the molecule is O=S1(=O)N=C(c2cc(F)cc(F)c2F)CO1. The zero-order valence-corrected chi connectivity index (χ0v) is 8.39. The molecule has 0 aliphatic carbocycles. The monoisotopic (exact) mass is 251 g/mol. The summed E-state index contributed by atoms with van der Waals surface area (Å²) in [7, 11) is -4.11. The lowest BCUT2D eigenvalue weighted by Gasteiger charge is -2.01. The molecule has 0 aromatic heterocycles. The van der Waals surface area contributed by atoms with Crippen LogP contribution in [0.1, 0.15) is 5.56 Å². The zero-order valence-electron chi connectivity index (χ0n) is 7.58. The highest BCUT2D eigenvalue weighted by Crippen LogP contribution is 2.19. The average Bonchev–Trinajstić information content (AvgIpc) is 2.52. The van der Waals surface area contributed by atoms with E-state index in [1.54, 1.807) is 0 Å². The smallest absolute Gasteiger partial charge is 0.246 e. The molecule has 0 N–H and O–H groups in total. The van der Waals surface area contributed by atoms with Crippen LogP contribution in [-0.4, -0.2) is 20.7 Å². The summed E-state index contributed by atoms with van der Waals surface area (Å²) in [6.07, 6.45) is 0. The van der Waals surface area contributed by atoms with Crippen molar-refractivity contribution >= 4 is 16.0 Å². The molecular formula is C8H4F3NO3S. The van der Waals surface area contributed by atoms with Gasteiger partial charge in [-0.05, 0) is 6.07 Å². The van der Waals surface area contributed by atoms with Gasteiger partial charge in [-0.1, -0.05) is 0 Å². The van der Waals surface area contributed by atoms with Crippen molar-refractivity contribution in [2.24, 2.45) is 4.40 Å². The third kappa shape index (κ3) is 1.93. The lowest BCUT2D eigenvalue weighted by molar-refractivity contribution is 0.381. The van der Waals surface area contributed by atoms with Gasteiger partial charge < -0.3 is 0 Å². The number of hydrogen-bond donors (Lipinski definition) is 0. The maximum atomic E-state index is 13.2. The Balaban J connectivity index is 2.58. The molecule has 4 nitrogen and oxygen atoms in total. The summed E-state index contributed by atoms with van der Waals surface area (Å²) in [5.74, 6) is -3.80. The van der Waals surface area contributed by atoms with Crippen molar-refractivity contribution in [3.8, 4) is 0 Å². The predicted molar refractivity (Wildman–Crippen MR) is 47.7 cm³/mol. The Morgan fingerprint density at radius 2 is 1.94 bits per heavy atom.